The summed E-state index contributed by atoms with van der Waals surface area (Å²) in [6, 6.07) is 24.1. The van der Waals surface area contributed by atoms with Gasteiger partial charge >= 0.3 is 0 Å². The highest BCUT2D eigenvalue weighted by Crippen LogP contribution is 2.37. The Kier molecular flexibility index (Phi) is 2.96. The Morgan fingerprint density at radius 2 is 1.48 bits per heavy atom. The number of benzene rings is 3. The van der Waals surface area contributed by atoms with Crippen molar-refractivity contribution in [2.45, 2.75) is 13.3 Å². The highest BCUT2D eigenvalue weighted by Gasteiger charge is 2.19. The first-order valence-corrected chi connectivity index (χ1v) is 9.61. The van der Waals surface area contributed by atoms with Gasteiger partial charge < -0.3 is 9.55 Å². The lowest BCUT2D eigenvalue weighted by molar-refractivity contribution is 0.720. The van der Waals surface area contributed by atoms with Crippen molar-refractivity contribution in [3.05, 3.63) is 84.1 Å². The number of allylic oxidation sites excluding steroid dienone is 1. The molecule has 1 aliphatic carbocycles. The van der Waals surface area contributed by atoms with E-state index in [-0.39, 0.29) is 0 Å². The molecule has 0 saturated heterocycles. The first kappa shape index (κ1) is 14.9. The molecule has 6 rings (SSSR count). The molecule has 0 fully saturated rings. The second-order valence-corrected chi connectivity index (χ2v) is 7.63. The number of H-pyrrole nitrogens is 1. The summed E-state index contributed by atoms with van der Waals surface area (Å²) in [4.78, 5) is 3.72. The van der Waals surface area contributed by atoms with E-state index < -0.39 is 0 Å². The minimum absolute atomic E-state index is 0.591. The van der Waals surface area contributed by atoms with Crippen LogP contribution in [0, 0.1) is 5.92 Å². The largest absolute Gasteiger partial charge is 0.353 e. The zero-order valence-electron chi connectivity index (χ0n) is 15.2. The van der Waals surface area contributed by atoms with E-state index in [0.717, 1.165) is 6.42 Å². The van der Waals surface area contributed by atoms with Gasteiger partial charge in [-0.25, -0.2) is 0 Å². The number of fused-ring (bicyclic) bond motifs is 6. The smallest absolute Gasteiger partial charge is 0.0706 e. The van der Waals surface area contributed by atoms with Gasteiger partial charge in [0.05, 0.1) is 22.2 Å². The number of hydrogen-bond acceptors (Lipinski definition) is 0. The van der Waals surface area contributed by atoms with Crippen molar-refractivity contribution < 1.29 is 0 Å². The van der Waals surface area contributed by atoms with Crippen LogP contribution in [0.3, 0.4) is 0 Å². The molecule has 2 heteroatoms. The Hall–Kier alpha value is -3.26. The molecular weight excluding hydrogens is 328 g/mol. The predicted molar refractivity (Wildman–Crippen MR) is 115 cm³/mol. The van der Waals surface area contributed by atoms with Crippen LogP contribution in [0.5, 0.6) is 0 Å². The van der Waals surface area contributed by atoms with Crippen LogP contribution in [0.2, 0.25) is 0 Å². The normalized spacial score (nSPS) is 16.4. The van der Waals surface area contributed by atoms with Crippen LogP contribution in [0.4, 0.5) is 0 Å². The van der Waals surface area contributed by atoms with E-state index in [9.17, 15) is 0 Å². The van der Waals surface area contributed by atoms with Gasteiger partial charge in [0.15, 0.2) is 0 Å². The molecule has 1 atom stereocenters. The topological polar surface area (TPSA) is 20.7 Å². The summed E-state index contributed by atoms with van der Waals surface area (Å²) in [6.45, 7) is 2.29. The Labute approximate surface area is 157 Å². The van der Waals surface area contributed by atoms with Crippen LogP contribution in [0.15, 0.2) is 72.8 Å². The summed E-state index contributed by atoms with van der Waals surface area (Å²) in [6.07, 6.45) is 5.65. The molecule has 130 valence electrons. The third-order valence-electron chi connectivity index (χ3n) is 5.89. The van der Waals surface area contributed by atoms with E-state index >= 15 is 0 Å². The second kappa shape index (κ2) is 5.37. The fraction of sp³-hybridized carbons (Fsp3) is 0.120. The molecular formula is C25H20N2. The van der Waals surface area contributed by atoms with Gasteiger partial charge in [-0.1, -0.05) is 61.5 Å². The highest BCUT2D eigenvalue weighted by molar-refractivity contribution is 6.10. The molecule has 1 aliphatic rings. The maximum absolute atomic E-state index is 3.72. The third-order valence-corrected chi connectivity index (χ3v) is 5.89. The average molecular weight is 348 g/mol. The van der Waals surface area contributed by atoms with Gasteiger partial charge in [0, 0.05) is 21.9 Å². The number of rotatable bonds is 1. The highest BCUT2D eigenvalue weighted by atomic mass is 15.0. The lowest BCUT2D eigenvalue weighted by Crippen LogP contribution is -2.01. The maximum atomic E-state index is 3.72. The first-order chi connectivity index (χ1) is 13.3. The first-order valence-electron chi connectivity index (χ1n) is 9.61. The van der Waals surface area contributed by atoms with E-state index in [4.69, 9.17) is 0 Å². The Balaban J connectivity index is 1.75. The fourth-order valence-electron chi connectivity index (χ4n) is 4.66. The number of nitrogens with zero attached hydrogens (tertiary/aromatic N) is 1. The van der Waals surface area contributed by atoms with Gasteiger partial charge in [-0.3, -0.25) is 0 Å². The van der Waals surface area contributed by atoms with Crippen molar-refractivity contribution in [2.24, 2.45) is 5.92 Å². The van der Waals surface area contributed by atoms with Gasteiger partial charge in [-0.15, -0.1) is 0 Å². The van der Waals surface area contributed by atoms with Crippen molar-refractivity contribution in [3.8, 4) is 5.69 Å². The molecule has 2 aromatic heterocycles. The maximum Gasteiger partial charge on any atom is 0.0706 e. The van der Waals surface area contributed by atoms with Crippen LogP contribution in [0.25, 0.3) is 44.5 Å². The van der Waals surface area contributed by atoms with E-state index in [2.05, 4.69) is 95.4 Å². The summed E-state index contributed by atoms with van der Waals surface area (Å²) in [5, 5.41) is 3.95. The monoisotopic (exact) mass is 348 g/mol. The van der Waals surface area contributed by atoms with Gasteiger partial charge in [-0.2, -0.15) is 0 Å². The van der Waals surface area contributed by atoms with Crippen molar-refractivity contribution in [1.82, 2.24) is 9.55 Å². The number of hydrogen-bond donors (Lipinski definition) is 1. The van der Waals surface area contributed by atoms with Gasteiger partial charge in [0.1, 0.15) is 0 Å². The number of nitrogens with one attached hydrogen (secondary N) is 1. The molecule has 2 heterocycles. The molecule has 27 heavy (non-hydrogen) atoms. The number of aromatic amines is 1. The summed E-state index contributed by atoms with van der Waals surface area (Å²) in [7, 11) is 0. The summed E-state index contributed by atoms with van der Waals surface area (Å²) >= 11 is 0. The van der Waals surface area contributed by atoms with E-state index in [1.165, 1.54) is 49.7 Å². The number of aromatic nitrogens is 2. The van der Waals surface area contributed by atoms with E-state index in [1.54, 1.807) is 0 Å². The molecule has 1 N–H and O–H groups in total. The Bertz CT molecular complexity index is 1310. The molecule has 0 amide bonds. The number of para-hydroxylation sites is 3. The predicted octanol–water partition coefficient (Wildman–Crippen LogP) is 6.47. The van der Waals surface area contributed by atoms with Crippen LogP contribution in [-0.2, 0) is 6.42 Å². The Morgan fingerprint density at radius 3 is 2.22 bits per heavy atom. The summed E-state index contributed by atoms with van der Waals surface area (Å²) in [5.41, 5.74) is 7.66. The van der Waals surface area contributed by atoms with Crippen LogP contribution in [-0.4, -0.2) is 9.55 Å². The van der Waals surface area contributed by atoms with Crippen LogP contribution < -0.4 is 0 Å². The zero-order chi connectivity index (χ0) is 18.0. The molecule has 0 aliphatic heterocycles. The van der Waals surface area contributed by atoms with Gasteiger partial charge in [-0.05, 0) is 42.2 Å². The molecule has 0 saturated carbocycles. The summed E-state index contributed by atoms with van der Waals surface area (Å²) in [5.74, 6) is 0.591. The van der Waals surface area contributed by atoms with Crippen molar-refractivity contribution in [2.75, 3.05) is 0 Å². The summed E-state index contributed by atoms with van der Waals surface area (Å²) < 4.78 is 2.40. The molecule has 3 aromatic carbocycles. The molecule has 2 nitrogen and oxygen atoms in total. The average Bonchev–Trinajstić information content (AvgIpc) is 3.24. The van der Waals surface area contributed by atoms with Crippen molar-refractivity contribution in [1.29, 1.82) is 0 Å². The second-order valence-electron chi connectivity index (χ2n) is 7.63. The Morgan fingerprint density at radius 1 is 0.815 bits per heavy atom. The van der Waals surface area contributed by atoms with E-state index in [0.29, 0.717) is 5.92 Å². The standard InChI is InChI=1S/C25H20N2/c1-16-13-14-21-20(15-16)19-9-6-12-24(25(19)26-21)27-22-10-4-2-7-17(22)18-8-3-5-11-23(18)27/h2-14,16,26H,15H2,1H3. The van der Waals surface area contributed by atoms with Crippen LogP contribution in [0.1, 0.15) is 18.2 Å². The third kappa shape index (κ3) is 2.01. The van der Waals surface area contributed by atoms with E-state index in [1.807, 2.05) is 0 Å². The van der Waals surface area contributed by atoms with Gasteiger partial charge in [0.2, 0.25) is 0 Å². The van der Waals surface area contributed by atoms with Gasteiger partial charge in [0.25, 0.3) is 0 Å². The minimum Gasteiger partial charge on any atom is -0.353 e. The lowest BCUT2D eigenvalue weighted by Gasteiger charge is -2.12. The quantitative estimate of drug-likeness (QED) is 0.358. The zero-order valence-corrected chi connectivity index (χ0v) is 15.2. The minimum atomic E-state index is 0.591. The van der Waals surface area contributed by atoms with Crippen molar-refractivity contribution >= 4 is 38.8 Å². The lowest BCUT2D eigenvalue weighted by atomic mass is 9.93. The van der Waals surface area contributed by atoms with Crippen LogP contribution >= 0.6 is 0 Å². The van der Waals surface area contributed by atoms with Crippen molar-refractivity contribution in [3.63, 3.8) is 0 Å². The molecule has 0 radical (unpaired) electrons. The fourth-order valence-corrected chi connectivity index (χ4v) is 4.66. The molecule has 0 bridgehead atoms. The molecule has 5 aromatic rings. The molecule has 0 spiro atoms. The molecule has 1 unspecified atom stereocenters. The SMILES string of the molecule is CC1C=Cc2[nH]c3c(-n4c5ccccc5c5ccccc54)cccc3c2C1.